The number of rotatable bonds is 9. The molecule has 0 spiro atoms. The monoisotopic (exact) mass is 637 g/mol. The number of hydrogen-bond donors (Lipinski definition) is 4. The van der Waals surface area contributed by atoms with Gasteiger partial charge < -0.3 is 21.1 Å². The van der Waals surface area contributed by atoms with Crippen molar-refractivity contribution in [3.8, 4) is 5.75 Å². The van der Waals surface area contributed by atoms with Crippen LogP contribution >= 0.6 is 0 Å². The largest absolute Gasteiger partial charge is 1.00 e. The zero-order valence-corrected chi connectivity index (χ0v) is 27.6. The zero-order chi connectivity index (χ0) is 31.4. The maximum atomic E-state index is 12.6. The summed E-state index contributed by atoms with van der Waals surface area (Å²) in [4.78, 5) is 63.3. The number of carbonyl (C=O) groups excluding carboxylic acids is 5. The zero-order valence-electron chi connectivity index (χ0n) is 25.8. The van der Waals surface area contributed by atoms with E-state index < -0.39 is 64.0 Å². The average Bonchev–Trinajstić information content (AvgIpc) is 3.09. The van der Waals surface area contributed by atoms with Crippen LogP contribution in [0.15, 0.2) is 24.3 Å². The second-order valence-electron chi connectivity index (χ2n) is 11.2. The van der Waals surface area contributed by atoms with Crippen LogP contribution in [-0.2, 0) is 40.2 Å². The van der Waals surface area contributed by atoms with Crippen molar-refractivity contribution in [3.05, 3.63) is 29.8 Å². The number of hydroxylamine groups is 2. The number of nitrogens with zero attached hydrogens (tertiary/aromatic N) is 2. The van der Waals surface area contributed by atoms with Gasteiger partial charge in [0, 0.05) is 6.54 Å². The molecule has 1 aromatic carbocycles. The van der Waals surface area contributed by atoms with Gasteiger partial charge in [-0.05, 0) is 57.2 Å². The minimum absolute atomic E-state index is 0. The number of ether oxygens (including phenoxy) is 2. The van der Waals surface area contributed by atoms with Crippen molar-refractivity contribution in [2.24, 2.45) is 5.92 Å². The van der Waals surface area contributed by atoms with Crippen molar-refractivity contribution in [1.29, 1.82) is 0 Å². The normalized spacial score (nSPS) is 18.8. The Bertz CT molecular complexity index is 1320. The first-order valence-corrected chi connectivity index (χ1v) is 14.5. The van der Waals surface area contributed by atoms with Crippen LogP contribution in [0.4, 0.5) is 9.59 Å². The van der Waals surface area contributed by atoms with Crippen LogP contribution in [0.25, 0.3) is 0 Å². The maximum absolute atomic E-state index is 12.6. The van der Waals surface area contributed by atoms with E-state index in [-0.39, 0.29) is 68.5 Å². The summed E-state index contributed by atoms with van der Waals surface area (Å²) in [6.07, 6.45) is -0.596. The van der Waals surface area contributed by atoms with E-state index in [0.29, 0.717) is 10.6 Å². The average molecular weight is 638 g/mol. The van der Waals surface area contributed by atoms with Gasteiger partial charge in [-0.1, -0.05) is 26.0 Å². The molecule has 0 aromatic heterocycles. The van der Waals surface area contributed by atoms with E-state index in [1.165, 1.54) is 24.3 Å². The third-order valence-electron chi connectivity index (χ3n) is 6.22. The van der Waals surface area contributed by atoms with Crippen LogP contribution in [0, 0.1) is 5.92 Å². The summed E-state index contributed by atoms with van der Waals surface area (Å²) >= 11 is 0. The SMILES string of the molecule is CC(C)C(NC(=O)Oc1ccc(CC(=O)NNC(=O)C2CCC3CN2C(=O)N3OS(=O)(=O)O)cc1)C(=O)OC(C)(C)C.[H-].[Na+]. The standard InChI is InChI=1S/C25H35N5O11S.Na.H/c1-14(2)20(22(33)40-25(3,4)5)26-23(34)39-17-9-6-15(7-10-17)12-19(31)27-28-21(32)18-11-8-16-13-29(18)24(35)30(16)41-42(36,37)38;;/h6-7,9-10,14,16,18,20H,8,11-13H2,1-5H3,(H,26,34)(H,27,31)(H,28,32)(H,36,37,38);;/q;+1;-1. The summed E-state index contributed by atoms with van der Waals surface area (Å²) in [5.74, 6) is -1.95. The number of piperidine rings is 1. The van der Waals surface area contributed by atoms with Crippen molar-refractivity contribution >= 4 is 40.3 Å². The molecule has 2 aliphatic rings. The van der Waals surface area contributed by atoms with Crippen LogP contribution in [-0.4, -0.2) is 83.1 Å². The maximum Gasteiger partial charge on any atom is 1.00 e. The second kappa shape index (κ2) is 14.7. The molecule has 234 valence electrons. The first-order valence-electron chi connectivity index (χ1n) is 13.1. The van der Waals surface area contributed by atoms with Gasteiger partial charge in [0.25, 0.3) is 5.91 Å². The van der Waals surface area contributed by atoms with Crippen molar-refractivity contribution in [2.45, 2.75) is 77.6 Å². The molecule has 16 nitrogen and oxygen atoms in total. The summed E-state index contributed by atoms with van der Waals surface area (Å²) in [7, 11) is -4.92. The molecule has 43 heavy (non-hydrogen) atoms. The molecule has 4 N–H and O–H groups in total. The molecule has 0 radical (unpaired) electrons. The molecule has 0 aliphatic carbocycles. The number of benzene rings is 1. The molecule has 3 rings (SSSR count). The molecule has 2 saturated heterocycles. The Morgan fingerprint density at radius 2 is 1.72 bits per heavy atom. The molecular weight excluding hydrogens is 601 g/mol. The van der Waals surface area contributed by atoms with E-state index >= 15 is 0 Å². The van der Waals surface area contributed by atoms with Gasteiger partial charge in [-0.25, -0.2) is 14.4 Å². The number of fused-ring (bicyclic) bond motifs is 2. The van der Waals surface area contributed by atoms with Gasteiger partial charge in [-0.15, -0.1) is 4.28 Å². The molecule has 1 aromatic rings. The Hall–Kier alpha value is -2.96. The molecule has 3 unspecified atom stereocenters. The van der Waals surface area contributed by atoms with Gasteiger partial charge in [-0.3, -0.25) is 25.0 Å². The fraction of sp³-hybridized carbons (Fsp3) is 0.560. The van der Waals surface area contributed by atoms with Gasteiger partial charge in [0.1, 0.15) is 23.4 Å². The third kappa shape index (κ3) is 10.6. The van der Waals surface area contributed by atoms with Gasteiger partial charge in [0.15, 0.2) is 0 Å². The second-order valence-corrected chi connectivity index (χ2v) is 12.2. The van der Waals surface area contributed by atoms with Crippen molar-refractivity contribution in [3.63, 3.8) is 0 Å². The van der Waals surface area contributed by atoms with E-state index in [9.17, 15) is 32.4 Å². The van der Waals surface area contributed by atoms with Crippen LogP contribution in [0.1, 0.15) is 54.5 Å². The van der Waals surface area contributed by atoms with E-state index in [1.54, 1.807) is 34.6 Å². The van der Waals surface area contributed by atoms with Crippen molar-refractivity contribution in [1.82, 2.24) is 26.1 Å². The summed E-state index contributed by atoms with van der Waals surface area (Å²) in [5, 5.41) is 3.02. The number of amides is 5. The first kappa shape index (κ1) is 36.2. The predicted octanol–water partition coefficient (Wildman–Crippen LogP) is -2.05. The topological polar surface area (TPSA) is 210 Å². The predicted molar refractivity (Wildman–Crippen MR) is 145 cm³/mol. The van der Waals surface area contributed by atoms with Crippen LogP contribution in [0.3, 0.4) is 0 Å². The van der Waals surface area contributed by atoms with Crippen LogP contribution in [0.2, 0.25) is 0 Å². The molecule has 5 amide bonds. The number of nitrogens with one attached hydrogen (secondary N) is 3. The molecule has 2 bridgehead atoms. The van der Waals surface area contributed by atoms with E-state index in [0.717, 1.165) is 4.90 Å². The Morgan fingerprint density at radius 3 is 2.28 bits per heavy atom. The quantitative estimate of drug-likeness (QED) is 0.100. The Morgan fingerprint density at radius 1 is 1.09 bits per heavy atom. The minimum atomic E-state index is -4.92. The Kier molecular flexibility index (Phi) is 12.4. The fourth-order valence-electron chi connectivity index (χ4n) is 4.35. The van der Waals surface area contributed by atoms with Crippen molar-refractivity contribution < 1.29 is 81.7 Å². The molecule has 2 fully saturated rings. The smallest absolute Gasteiger partial charge is 1.00 e. The van der Waals surface area contributed by atoms with Gasteiger partial charge >= 0.3 is 58.0 Å². The summed E-state index contributed by atoms with van der Waals surface area (Å²) in [6, 6.07) is 2.51. The molecule has 0 saturated carbocycles. The third-order valence-corrected chi connectivity index (χ3v) is 6.57. The number of esters is 1. The number of hydrogen-bond acceptors (Lipinski definition) is 10. The van der Waals surface area contributed by atoms with E-state index in [1.807, 2.05) is 0 Å². The number of urea groups is 1. The molecule has 18 heteroatoms. The molecule has 3 atom stereocenters. The minimum Gasteiger partial charge on any atom is -1.00 e. The Labute approximate surface area is 272 Å². The number of carbonyl (C=O) groups is 5. The van der Waals surface area contributed by atoms with Crippen LogP contribution < -0.4 is 50.5 Å². The molecule has 2 heterocycles. The van der Waals surface area contributed by atoms with Gasteiger partial charge in [-0.2, -0.15) is 13.5 Å². The van der Waals surface area contributed by atoms with E-state index in [2.05, 4.69) is 20.5 Å². The Balaban J connectivity index is 0.00000484. The molecular formula is C25H36N5NaO11S. The molecule has 2 aliphatic heterocycles. The van der Waals surface area contributed by atoms with Gasteiger partial charge in [0.2, 0.25) is 5.91 Å². The van der Waals surface area contributed by atoms with E-state index in [4.69, 9.17) is 14.0 Å². The number of hydrazine groups is 1. The van der Waals surface area contributed by atoms with Gasteiger partial charge in [0.05, 0.1) is 12.5 Å². The fourth-order valence-corrected chi connectivity index (χ4v) is 4.74. The van der Waals surface area contributed by atoms with Crippen molar-refractivity contribution in [2.75, 3.05) is 6.54 Å². The first-order chi connectivity index (χ1) is 19.4. The summed E-state index contributed by atoms with van der Waals surface area (Å²) in [5.41, 5.74) is 4.31. The summed E-state index contributed by atoms with van der Waals surface area (Å²) in [6.45, 7) is 8.67. The van der Waals surface area contributed by atoms with Crippen LogP contribution in [0.5, 0.6) is 5.75 Å². The summed E-state index contributed by atoms with van der Waals surface area (Å²) < 4.78 is 45.8.